The van der Waals surface area contributed by atoms with Crippen molar-refractivity contribution in [1.82, 2.24) is 10.2 Å². The highest BCUT2D eigenvalue weighted by Crippen LogP contribution is 2.17. The minimum atomic E-state index is -0.882. The molecule has 0 aromatic heterocycles. The Morgan fingerprint density at radius 2 is 2.19 bits per heavy atom. The molecular formula is C13H16F2N4O2. The van der Waals surface area contributed by atoms with Gasteiger partial charge in [0.2, 0.25) is 5.91 Å². The van der Waals surface area contributed by atoms with E-state index in [-0.39, 0.29) is 18.3 Å². The number of carbonyl (C=O) groups excluding carboxylic acids is 2. The van der Waals surface area contributed by atoms with E-state index >= 15 is 0 Å². The Labute approximate surface area is 120 Å². The topological polar surface area (TPSA) is 87.5 Å². The lowest BCUT2D eigenvalue weighted by atomic mass is 10.2. The number of nitrogens with zero attached hydrogens (tertiary/aromatic N) is 1. The average molecular weight is 298 g/mol. The van der Waals surface area contributed by atoms with E-state index in [2.05, 4.69) is 10.6 Å². The lowest BCUT2D eigenvalue weighted by Gasteiger charge is -2.27. The predicted octanol–water partition coefficient (Wildman–Crippen LogP) is 0.646. The van der Waals surface area contributed by atoms with Gasteiger partial charge in [0, 0.05) is 18.7 Å². The molecule has 8 heteroatoms. The normalized spacial score (nSPS) is 17.5. The molecule has 0 spiro atoms. The maximum absolute atomic E-state index is 13.5. The number of carbonyl (C=O) groups is 2. The van der Waals surface area contributed by atoms with Gasteiger partial charge in [0.25, 0.3) is 0 Å². The molecule has 2 rings (SSSR count). The molecule has 114 valence electrons. The summed E-state index contributed by atoms with van der Waals surface area (Å²) in [4.78, 5) is 24.5. The second-order valence-electron chi connectivity index (χ2n) is 4.80. The van der Waals surface area contributed by atoms with Gasteiger partial charge >= 0.3 is 6.03 Å². The summed E-state index contributed by atoms with van der Waals surface area (Å²) in [5.74, 6) is -2.27. The van der Waals surface area contributed by atoms with E-state index in [0.29, 0.717) is 19.0 Å². The van der Waals surface area contributed by atoms with E-state index in [4.69, 9.17) is 5.73 Å². The second-order valence-corrected chi connectivity index (χ2v) is 4.80. The number of hydrogen-bond acceptors (Lipinski definition) is 3. The highest BCUT2D eigenvalue weighted by molar-refractivity contribution is 5.92. The van der Waals surface area contributed by atoms with Gasteiger partial charge in [-0.25, -0.2) is 13.6 Å². The fourth-order valence-electron chi connectivity index (χ4n) is 2.22. The molecule has 0 radical (unpaired) electrons. The van der Waals surface area contributed by atoms with Gasteiger partial charge in [-0.15, -0.1) is 0 Å². The molecule has 1 aromatic carbocycles. The quantitative estimate of drug-likeness (QED) is 0.762. The number of primary amides is 1. The highest BCUT2D eigenvalue weighted by Gasteiger charge is 2.28. The summed E-state index contributed by atoms with van der Waals surface area (Å²) in [7, 11) is 0. The van der Waals surface area contributed by atoms with Crippen molar-refractivity contribution in [2.24, 2.45) is 5.73 Å². The first-order valence-electron chi connectivity index (χ1n) is 6.49. The molecule has 1 atom stereocenters. The first-order chi connectivity index (χ1) is 9.97. The molecule has 21 heavy (non-hydrogen) atoms. The van der Waals surface area contributed by atoms with Gasteiger partial charge in [0.15, 0.2) is 0 Å². The fourth-order valence-corrected chi connectivity index (χ4v) is 2.22. The van der Waals surface area contributed by atoms with Crippen molar-refractivity contribution >= 4 is 17.6 Å². The van der Waals surface area contributed by atoms with Gasteiger partial charge in [-0.2, -0.15) is 0 Å². The van der Waals surface area contributed by atoms with Crippen molar-refractivity contribution in [2.75, 3.05) is 25.0 Å². The maximum Gasteiger partial charge on any atom is 0.322 e. The number of anilines is 1. The number of urea groups is 1. The van der Waals surface area contributed by atoms with E-state index in [1.165, 1.54) is 4.90 Å². The molecule has 1 aromatic rings. The van der Waals surface area contributed by atoms with Gasteiger partial charge in [0.1, 0.15) is 18.2 Å². The number of hydrogen-bond donors (Lipinski definition) is 3. The van der Waals surface area contributed by atoms with Crippen LogP contribution in [-0.2, 0) is 4.79 Å². The van der Waals surface area contributed by atoms with Crippen LogP contribution in [0, 0.1) is 11.6 Å². The molecule has 1 heterocycles. The number of nitrogens with two attached hydrogens (primary N) is 1. The van der Waals surface area contributed by atoms with Crippen LogP contribution in [0.5, 0.6) is 0 Å². The third-order valence-corrected chi connectivity index (χ3v) is 3.23. The van der Waals surface area contributed by atoms with Crippen molar-refractivity contribution in [3.63, 3.8) is 0 Å². The number of halogens is 2. The van der Waals surface area contributed by atoms with Gasteiger partial charge in [-0.3, -0.25) is 4.79 Å². The first kappa shape index (κ1) is 15.2. The van der Waals surface area contributed by atoms with Crippen LogP contribution in [-0.4, -0.2) is 42.5 Å². The number of nitrogens with one attached hydrogen (secondary N) is 2. The molecule has 1 saturated heterocycles. The van der Waals surface area contributed by atoms with E-state index < -0.39 is 23.6 Å². The van der Waals surface area contributed by atoms with Crippen LogP contribution in [0.3, 0.4) is 0 Å². The molecular weight excluding hydrogens is 282 g/mol. The smallest absolute Gasteiger partial charge is 0.322 e. The Bertz CT molecular complexity index is 547. The van der Waals surface area contributed by atoms with E-state index in [0.717, 1.165) is 18.7 Å². The molecule has 1 unspecified atom stereocenters. The average Bonchev–Trinajstić information content (AvgIpc) is 2.92. The summed E-state index contributed by atoms with van der Waals surface area (Å²) in [5, 5.41) is 5.40. The minimum absolute atomic E-state index is 0.151. The van der Waals surface area contributed by atoms with Crippen molar-refractivity contribution in [3.05, 3.63) is 29.8 Å². The standard InChI is InChI=1S/C13H16F2N4O2/c14-8-1-2-11(10(15)5-8)18-13(21)19(7-12(16)20)9-3-4-17-6-9/h1-2,5,9,17H,3-4,6-7H2,(H2,16,20)(H,18,21). The lowest BCUT2D eigenvalue weighted by Crippen LogP contribution is -2.48. The molecule has 6 nitrogen and oxygen atoms in total. The fraction of sp³-hybridized carbons (Fsp3) is 0.385. The Morgan fingerprint density at radius 1 is 1.43 bits per heavy atom. The predicted molar refractivity (Wildman–Crippen MR) is 72.6 cm³/mol. The summed E-state index contributed by atoms with van der Waals surface area (Å²) in [6.07, 6.45) is 0.673. The van der Waals surface area contributed by atoms with Crippen LogP contribution in [0.1, 0.15) is 6.42 Å². The van der Waals surface area contributed by atoms with Crippen molar-refractivity contribution in [2.45, 2.75) is 12.5 Å². The van der Waals surface area contributed by atoms with Crippen LogP contribution in [0.4, 0.5) is 19.3 Å². The lowest BCUT2D eigenvalue weighted by molar-refractivity contribution is -0.118. The number of rotatable bonds is 4. The molecule has 1 fully saturated rings. The Hall–Kier alpha value is -2.22. The van der Waals surface area contributed by atoms with Crippen LogP contribution >= 0.6 is 0 Å². The molecule has 3 amide bonds. The first-order valence-corrected chi connectivity index (χ1v) is 6.49. The van der Waals surface area contributed by atoms with Crippen molar-refractivity contribution in [1.29, 1.82) is 0 Å². The van der Waals surface area contributed by atoms with Gasteiger partial charge in [0.05, 0.1) is 5.69 Å². The second kappa shape index (κ2) is 6.49. The van der Waals surface area contributed by atoms with Gasteiger partial charge in [-0.1, -0.05) is 0 Å². The van der Waals surface area contributed by atoms with Crippen LogP contribution in [0.25, 0.3) is 0 Å². The van der Waals surface area contributed by atoms with Crippen LogP contribution in [0.2, 0.25) is 0 Å². The zero-order valence-corrected chi connectivity index (χ0v) is 11.2. The third kappa shape index (κ3) is 3.88. The Kier molecular flexibility index (Phi) is 4.69. The Morgan fingerprint density at radius 3 is 2.76 bits per heavy atom. The maximum atomic E-state index is 13.5. The SMILES string of the molecule is NC(=O)CN(C(=O)Nc1ccc(F)cc1F)C1CCNC1. The summed E-state index contributed by atoms with van der Waals surface area (Å²) in [5.41, 5.74) is 4.99. The zero-order valence-electron chi connectivity index (χ0n) is 11.2. The number of amides is 3. The van der Waals surface area contributed by atoms with Crippen LogP contribution in [0.15, 0.2) is 18.2 Å². The summed E-state index contributed by atoms with van der Waals surface area (Å²) < 4.78 is 26.4. The molecule has 1 aliphatic rings. The van der Waals surface area contributed by atoms with E-state index in [9.17, 15) is 18.4 Å². The molecule has 4 N–H and O–H groups in total. The molecule has 1 aliphatic heterocycles. The molecule has 0 saturated carbocycles. The largest absolute Gasteiger partial charge is 0.368 e. The van der Waals surface area contributed by atoms with Crippen molar-refractivity contribution in [3.8, 4) is 0 Å². The van der Waals surface area contributed by atoms with E-state index in [1.807, 2.05) is 0 Å². The van der Waals surface area contributed by atoms with Gasteiger partial charge < -0.3 is 21.3 Å². The highest BCUT2D eigenvalue weighted by atomic mass is 19.1. The monoisotopic (exact) mass is 298 g/mol. The zero-order chi connectivity index (χ0) is 15.4. The number of benzene rings is 1. The van der Waals surface area contributed by atoms with Crippen LogP contribution < -0.4 is 16.4 Å². The Balaban J connectivity index is 2.11. The minimum Gasteiger partial charge on any atom is -0.368 e. The molecule has 0 aliphatic carbocycles. The molecule has 0 bridgehead atoms. The van der Waals surface area contributed by atoms with E-state index in [1.54, 1.807) is 0 Å². The summed E-state index contributed by atoms with van der Waals surface area (Å²) in [6, 6.07) is 1.99. The van der Waals surface area contributed by atoms with Crippen molar-refractivity contribution < 1.29 is 18.4 Å². The summed E-state index contributed by atoms with van der Waals surface area (Å²) in [6.45, 7) is 0.992. The third-order valence-electron chi connectivity index (χ3n) is 3.23. The summed E-state index contributed by atoms with van der Waals surface area (Å²) >= 11 is 0. The van der Waals surface area contributed by atoms with Gasteiger partial charge in [-0.05, 0) is 25.1 Å².